The molecule has 0 aliphatic heterocycles. The quantitative estimate of drug-likeness (QED) is 0.0869. The van der Waals surface area contributed by atoms with Crippen LogP contribution in [0.25, 0.3) is 0 Å². The summed E-state index contributed by atoms with van der Waals surface area (Å²) in [4.78, 5) is 11.6. The summed E-state index contributed by atoms with van der Waals surface area (Å²) in [6, 6.07) is 0. The normalized spacial score (nSPS) is 14.0. The van der Waals surface area contributed by atoms with Gasteiger partial charge in [0, 0.05) is 6.61 Å². The molecule has 0 saturated carbocycles. The average Bonchev–Trinajstić information content (AvgIpc) is 2.73. The highest BCUT2D eigenvalue weighted by Crippen LogP contribution is 2.37. The number of unbranched alkanes of at least 4 members (excludes halogenated alkanes) is 13. The predicted molar refractivity (Wildman–Crippen MR) is 134 cm³/mol. The summed E-state index contributed by atoms with van der Waals surface area (Å²) in [5, 5.41) is 0. The third-order valence-corrected chi connectivity index (χ3v) is 6.50. The van der Waals surface area contributed by atoms with Crippen molar-refractivity contribution in [2.45, 2.75) is 96.8 Å². The highest BCUT2D eigenvalue weighted by molar-refractivity contribution is 7.45. The van der Waals surface area contributed by atoms with Crippen molar-refractivity contribution in [1.29, 1.82) is 0 Å². The number of quaternary nitrogens is 1. The van der Waals surface area contributed by atoms with Crippen LogP contribution in [-0.4, -0.2) is 71.8 Å². The number of phosphoric ester groups is 1. The fourth-order valence-corrected chi connectivity index (χ4v) is 4.07. The van der Waals surface area contributed by atoms with Crippen LogP contribution in [0, 0.1) is 0 Å². The fourth-order valence-electron chi connectivity index (χ4n) is 3.39. The highest BCUT2D eigenvalue weighted by Gasteiger charge is 2.13. The monoisotopic (exact) mass is 495 g/mol. The molecule has 0 saturated heterocycles. The first-order chi connectivity index (χ1) is 15.8. The molecule has 33 heavy (non-hydrogen) atoms. The summed E-state index contributed by atoms with van der Waals surface area (Å²) < 4.78 is 32.8. The fraction of sp³-hybridized carbons (Fsp3) is 1.00. The van der Waals surface area contributed by atoms with Gasteiger partial charge in [0.2, 0.25) is 0 Å². The van der Waals surface area contributed by atoms with Gasteiger partial charge in [0.15, 0.2) is 0 Å². The number of phosphoric acid groups is 1. The highest BCUT2D eigenvalue weighted by atomic mass is 31.2. The zero-order valence-corrected chi connectivity index (χ0v) is 23.1. The summed E-state index contributed by atoms with van der Waals surface area (Å²) in [5.74, 6) is 0. The van der Waals surface area contributed by atoms with Crippen LogP contribution in [0.1, 0.15) is 96.8 Å². The first-order valence-electron chi connectivity index (χ1n) is 13.3. The third-order valence-electron chi connectivity index (χ3n) is 5.50. The molecule has 0 aromatic carbocycles. The molecule has 1 atom stereocenters. The van der Waals surface area contributed by atoms with E-state index in [0.717, 1.165) is 13.0 Å². The Labute approximate surface area is 204 Å². The Morgan fingerprint density at radius 3 is 1.45 bits per heavy atom. The molecule has 0 spiro atoms. The molecule has 0 bridgehead atoms. The van der Waals surface area contributed by atoms with Crippen LogP contribution in [-0.2, 0) is 23.1 Å². The predicted octanol–water partition coefficient (Wildman–Crippen LogP) is 5.71. The van der Waals surface area contributed by atoms with Gasteiger partial charge in [0.1, 0.15) is 13.2 Å². The Morgan fingerprint density at radius 1 is 0.576 bits per heavy atom. The van der Waals surface area contributed by atoms with Crippen molar-refractivity contribution in [2.24, 2.45) is 0 Å². The van der Waals surface area contributed by atoms with Crippen molar-refractivity contribution in [3.8, 4) is 0 Å². The van der Waals surface area contributed by atoms with E-state index >= 15 is 0 Å². The Morgan fingerprint density at radius 2 is 0.970 bits per heavy atom. The van der Waals surface area contributed by atoms with Gasteiger partial charge in [-0.15, -0.1) is 0 Å². The number of hydrogen-bond donors (Lipinski definition) is 0. The van der Waals surface area contributed by atoms with E-state index in [1.165, 1.54) is 83.5 Å². The third kappa shape index (κ3) is 28.1. The lowest BCUT2D eigenvalue weighted by Gasteiger charge is -2.27. The number of rotatable bonds is 26. The molecule has 200 valence electrons. The van der Waals surface area contributed by atoms with E-state index in [9.17, 15) is 9.46 Å². The van der Waals surface area contributed by atoms with Crippen LogP contribution in [0.5, 0.6) is 0 Å². The van der Waals surface area contributed by atoms with Crippen LogP contribution < -0.4 is 4.89 Å². The largest absolute Gasteiger partial charge is 0.756 e. The van der Waals surface area contributed by atoms with E-state index < -0.39 is 7.82 Å². The van der Waals surface area contributed by atoms with Crippen LogP contribution >= 0.6 is 7.82 Å². The van der Waals surface area contributed by atoms with Crippen LogP contribution in [0.4, 0.5) is 0 Å². The molecule has 0 N–H and O–H groups in total. The summed E-state index contributed by atoms with van der Waals surface area (Å²) in [6.07, 6.45) is 18.9. The van der Waals surface area contributed by atoms with Gasteiger partial charge in [-0.2, -0.15) is 0 Å². The Kier molecular flexibility index (Phi) is 22.4. The lowest BCUT2D eigenvalue weighted by atomic mass is 10.0. The van der Waals surface area contributed by atoms with Gasteiger partial charge < -0.3 is 27.9 Å². The molecule has 0 amide bonds. The average molecular weight is 496 g/mol. The molecule has 7 nitrogen and oxygen atoms in total. The molecule has 0 rings (SSSR count). The first-order valence-corrected chi connectivity index (χ1v) is 14.8. The Hall–Kier alpha value is -0.0100. The zero-order valence-electron chi connectivity index (χ0n) is 22.2. The van der Waals surface area contributed by atoms with Gasteiger partial charge in [0.05, 0.1) is 47.6 Å². The maximum absolute atomic E-state index is 11.6. The van der Waals surface area contributed by atoms with Crippen molar-refractivity contribution in [3.05, 3.63) is 0 Å². The van der Waals surface area contributed by atoms with E-state index in [-0.39, 0.29) is 19.8 Å². The standard InChI is InChI=1S/C25H54NO6P/c1-5-6-7-8-9-10-11-12-13-14-15-16-17-18-20-29-22-23-30-24-25-32-33(27,28)31-21-19-26(2,3)4/h5-25H2,1-4H3. The summed E-state index contributed by atoms with van der Waals surface area (Å²) >= 11 is 0. The molecule has 0 heterocycles. The van der Waals surface area contributed by atoms with Crippen LogP contribution in [0.2, 0.25) is 0 Å². The second-order valence-electron chi connectivity index (χ2n) is 9.95. The first kappa shape index (κ1) is 33.0. The molecular weight excluding hydrogens is 441 g/mol. The van der Waals surface area contributed by atoms with Crippen molar-refractivity contribution < 1.29 is 32.5 Å². The lowest BCUT2D eigenvalue weighted by molar-refractivity contribution is -0.870. The second kappa shape index (κ2) is 22.5. The van der Waals surface area contributed by atoms with Gasteiger partial charge in [0.25, 0.3) is 7.82 Å². The van der Waals surface area contributed by atoms with E-state index in [2.05, 4.69) is 6.92 Å². The smallest absolute Gasteiger partial charge is 0.268 e. The van der Waals surface area contributed by atoms with Crippen molar-refractivity contribution in [1.82, 2.24) is 0 Å². The van der Waals surface area contributed by atoms with Crippen molar-refractivity contribution >= 4 is 7.82 Å². The molecular formula is C25H54NO6P. The van der Waals surface area contributed by atoms with Gasteiger partial charge in [-0.25, -0.2) is 0 Å². The maximum Gasteiger partial charge on any atom is 0.268 e. The molecule has 0 aromatic rings. The van der Waals surface area contributed by atoms with Gasteiger partial charge in [-0.3, -0.25) is 4.57 Å². The lowest BCUT2D eigenvalue weighted by Crippen LogP contribution is -2.37. The number of ether oxygens (including phenoxy) is 2. The van der Waals surface area contributed by atoms with Crippen molar-refractivity contribution in [3.63, 3.8) is 0 Å². The summed E-state index contributed by atoms with van der Waals surface area (Å²) in [6.45, 7) is 4.85. The van der Waals surface area contributed by atoms with Crippen molar-refractivity contribution in [2.75, 3.05) is 67.3 Å². The second-order valence-corrected chi connectivity index (χ2v) is 11.4. The number of hydrogen-bond acceptors (Lipinski definition) is 6. The van der Waals surface area contributed by atoms with Gasteiger partial charge in [-0.1, -0.05) is 90.4 Å². The minimum Gasteiger partial charge on any atom is -0.756 e. The van der Waals surface area contributed by atoms with Gasteiger partial charge >= 0.3 is 0 Å². The minimum atomic E-state index is -4.24. The topological polar surface area (TPSA) is 77.1 Å². The SMILES string of the molecule is CCCCCCCCCCCCCCCCOCCOCCOP(=O)([O-])OCC[N+](C)(C)C. The Bertz CT molecular complexity index is 459. The Balaban J connectivity index is 3.23. The van der Waals surface area contributed by atoms with E-state index in [4.69, 9.17) is 18.5 Å². The van der Waals surface area contributed by atoms with Crippen LogP contribution in [0.15, 0.2) is 0 Å². The van der Waals surface area contributed by atoms with Crippen LogP contribution in [0.3, 0.4) is 0 Å². The summed E-state index contributed by atoms with van der Waals surface area (Å²) in [5.41, 5.74) is 0. The molecule has 0 aliphatic carbocycles. The zero-order chi connectivity index (χ0) is 24.7. The van der Waals surface area contributed by atoms with E-state index in [0.29, 0.717) is 24.2 Å². The van der Waals surface area contributed by atoms with E-state index in [1.54, 1.807) is 0 Å². The van der Waals surface area contributed by atoms with E-state index in [1.807, 2.05) is 21.1 Å². The molecule has 0 fully saturated rings. The molecule has 8 heteroatoms. The molecule has 0 radical (unpaired) electrons. The summed E-state index contributed by atoms with van der Waals surface area (Å²) in [7, 11) is 1.66. The number of likely N-dealkylation sites (N-methyl/N-ethyl adjacent to an activating group) is 1. The van der Waals surface area contributed by atoms with Gasteiger partial charge in [-0.05, 0) is 6.42 Å². The molecule has 1 unspecified atom stereocenters. The maximum atomic E-state index is 11.6. The minimum absolute atomic E-state index is 0.0376. The number of nitrogens with zero attached hydrogens (tertiary/aromatic N) is 1. The molecule has 0 aliphatic rings. The molecule has 0 aromatic heterocycles.